The summed E-state index contributed by atoms with van der Waals surface area (Å²) < 4.78 is 10.5. The lowest BCUT2D eigenvalue weighted by atomic mass is 10.2. The molecule has 0 aromatic rings. The quantitative estimate of drug-likeness (QED) is 0.695. The van der Waals surface area contributed by atoms with Crippen molar-refractivity contribution in [2.75, 3.05) is 18.5 Å². The molecule has 0 aliphatic carbocycles. The predicted octanol–water partition coefficient (Wildman–Crippen LogP) is 1.49. The molecule has 1 rings (SSSR count). The van der Waals surface area contributed by atoms with E-state index in [1.165, 1.54) is 0 Å². The van der Waals surface area contributed by atoms with Gasteiger partial charge in [-0.3, -0.25) is 4.79 Å². The first-order valence-electron chi connectivity index (χ1n) is 4.14. The SMILES string of the molecule is O=C(CBr)COC1CCCCO1. The summed E-state index contributed by atoms with van der Waals surface area (Å²) in [6.45, 7) is 0.920. The van der Waals surface area contributed by atoms with Gasteiger partial charge in [0.1, 0.15) is 6.61 Å². The largest absolute Gasteiger partial charge is 0.353 e. The lowest BCUT2D eigenvalue weighted by Crippen LogP contribution is -2.25. The minimum Gasteiger partial charge on any atom is -0.353 e. The first kappa shape index (κ1) is 10.2. The predicted molar refractivity (Wildman–Crippen MR) is 48.3 cm³/mol. The molecule has 1 atom stereocenters. The number of carbonyl (C=O) groups excluding carboxylic acids is 1. The Morgan fingerprint density at radius 1 is 1.58 bits per heavy atom. The Hall–Kier alpha value is 0.0700. The van der Waals surface area contributed by atoms with Crippen LogP contribution in [0.2, 0.25) is 0 Å². The standard InChI is InChI=1S/C8H13BrO3/c9-5-7(10)6-12-8-3-1-2-4-11-8/h8H,1-6H2. The van der Waals surface area contributed by atoms with Crippen LogP contribution < -0.4 is 0 Å². The molecule has 0 radical (unpaired) electrons. The number of halogens is 1. The van der Waals surface area contributed by atoms with Gasteiger partial charge in [0.15, 0.2) is 12.1 Å². The molecule has 1 unspecified atom stereocenters. The number of hydrogen-bond donors (Lipinski definition) is 0. The highest BCUT2D eigenvalue weighted by Gasteiger charge is 2.14. The highest BCUT2D eigenvalue weighted by molar-refractivity contribution is 9.09. The van der Waals surface area contributed by atoms with E-state index >= 15 is 0 Å². The average Bonchev–Trinajstić information content (AvgIpc) is 2.16. The maximum Gasteiger partial charge on any atom is 0.169 e. The summed E-state index contributed by atoms with van der Waals surface area (Å²) in [7, 11) is 0. The van der Waals surface area contributed by atoms with Gasteiger partial charge in [-0.25, -0.2) is 0 Å². The number of ether oxygens (including phenoxy) is 2. The van der Waals surface area contributed by atoms with Gasteiger partial charge in [0.25, 0.3) is 0 Å². The van der Waals surface area contributed by atoms with Crippen LogP contribution in [-0.4, -0.2) is 30.6 Å². The van der Waals surface area contributed by atoms with Crippen LogP contribution in [0.25, 0.3) is 0 Å². The zero-order valence-corrected chi connectivity index (χ0v) is 8.51. The molecule has 4 heteroatoms. The Morgan fingerprint density at radius 3 is 3.00 bits per heavy atom. The van der Waals surface area contributed by atoms with E-state index in [9.17, 15) is 4.79 Å². The Bertz CT molecular complexity index is 143. The van der Waals surface area contributed by atoms with Gasteiger partial charge in [-0.1, -0.05) is 15.9 Å². The molecular formula is C8H13BrO3. The molecular weight excluding hydrogens is 224 g/mol. The Morgan fingerprint density at radius 2 is 2.42 bits per heavy atom. The minimum absolute atomic E-state index is 0.0594. The van der Waals surface area contributed by atoms with Crippen molar-refractivity contribution in [3.63, 3.8) is 0 Å². The van der Waals surface area contributed by atoms with Crippen molar-refractivity contribution in [3.8, 4) is 0 Å². The van der Waals surface area contributed by atoms with Gasteiger partial charge in [-0.2, -0.15) is 0 Å². The highest BCUT2D eigenvalue weighted by atomic mass is 79.9. The molecule has 12 heavy (non-hydrogen) atoms. The summed E-state index contributed by atoms with van der Waals surface area (Å²) in [5.74, 6) is 0.0594. The fourth-order valence-corrected chi connectivity index (χ4v) is 1.23. The zero-order chi connectivity index (χ0) is 8.81. The smallest absolute Gasteiger partial charge is 0.169 e. The fourth-order valence-electron chi connectivity index (χ4n) is 1.07. The van der Waals surface area contributed by atoms with Crippen molar-refractivity contribution in [2.45, 2.75) is 25.6 Å². The van der Waals surface area contributed by atoms with Crippen LogP contribution in [0.3, 0.4) is 0 Å². The van der Waals surface area contributed by atoms with Crippen molar-refractivity contribution in [1.82, 2.24) is 0 Å². The Kier molecular flexibility index (Phi) is 4.80. The van der Waals surface area contributed by atoms with Crippen molar-refractivity contribution >= 4 is 21.7 Å². The molecule has 1 aliphatic rings. The maximum atomic E-state index is 10.8. The molecule has 0 aromatic carbocycles. The summed E-state index contributed by atoms with van der Waals surface area (Å²) in [6.07, 6.45) is 3.00. The Balaban J connectivity index is 2.09. The number of alkyl halides is 1. The van der Waals surface area contributed by atoms with E-state index in [1.54, 1.807) is 0 Å². The summed E-state index contributed by atoms with van der Waals surface area (Å²) in [5, 5.41) is 0.361. The van der Waals surface area contributed by atoms with Gasteiger partial charge >= 0.3 is 0 Å². The van der Waals surface area contributed by atoms with Crippen molar-refractivity contribution < 1.29 is 14.3 Å². The van der Waals surface area contributed by atoms with Gasteiger partial charge in [-0.15, -0.1) is 0 Å². The number of rotatable bonds is 4. The van der Waals surface area contributed by atoms with Crippen LogP contribution in [-0.2, 0) is 14.3 Å². The monoisotopic (exact) mass is 236 g/mol. The third kappa shape index (κ3) is 3.65. The lowest BCUT2D eigenvalue weighted by molar-refractivity contribution is -0.167. The van der Waals surface area contributed by atoms with Gasteiger partial charge < -0.3 is 9.47 Å². The second-order valence-electron chi connectivity index (χ2n) is 2.78. The molecule has 70 valence electrons. The van der Waals surface area contributed by atoms with Crippen molar-refractivity contribution in [3.05, 3.63) is 0 Å². The minimum atomic E-state index is -0.151. The average molecular weight is 237 g/mol. The molecule has 0 aromatic heterocycles. The highest BCUT2D eigenvalue weighted by Crippen LogP contribution is 2.13. The van der Waals surface area contributed by atoms with Crippen molar-refractivity contribution in [1.29, 1.82) is 0 Å². The van der Waals surface area contributed by atoms with Crippen LogP contribution in [0.15, 0.2) is 0 Å². The Labute approximate surface area is 80.5 Å². The van der Waals surface area contributed by atoms with E-state index in [4.69, 9.17) is 9.47 Å². The molecule has 0 spiro atoms. The molecule has 1 aliphatic heterocycles. The van der Waals surface area contributed by atoms with Crippen LogP contribution in [0.1, 0.15) is 19.3 Å². The molecule has 3 nitrogen and oxygen atoms in total. The topological polar surface area (TPSA) is 35.5 Å². The third-order valence-corrected chi connectivity index (χ3v) is 2.34. The van der Waals surface area contributed by atoms with Gasteiger partial charge in [0.05, 0.1) is 5.33 Å². The fraction of sp³-hybridized carbons (Fsp3) is 0.875. The third-order valence-electron chi connectivity index (χ3n) is 1.72. The van der Waals surface area contributed by atoms with Crippen LogP contribution in [0.4, 0.5) is 0 Å². The lowest BCUT2D eigenvalue weighted by Gasteiger charge is -2.22. The van der Waals surface area contributed by atoms with Crippen LogP contribution >= 0.6 is 15.9 Å². The summed E-state index contributed by atoms with van der Waals surface area (Å²) >= 11 is 3.07. The molecule has 0 bridgehead atoms. The summed E-state index contributed by atoms with van der Waals surface area (Å²) in [5.41, 5.74) is 0. The second-order valence-corrected chi connectivity index (χ2v) is 3.34. The van der Waals surface area contributed by atoms with Gasteiger partial charge in [0.2, 0.25) is 0 Å². The number of ketones is 1. The first-order chi connectivity index (χ1) is 5.83. The van der Waals surface area contributed by atoms with Crippen LogP contribution in [0.5, 0.6) is 0 Å². The zero-order valence-electron chi connectivity index (χ0n) is 6.92. The summed E-state index contributed by atoms with van der Waals surface area (Å²) in [6, 6.07) is 0. The normalized spacial score (nSPS) is 23.9. The van der Waals surface area contributed by atoms with Gasteiger partial charge in [-0.05, 0) is 19.3 Å². The molecule has 0 amide bonds. The van der Waals surface area contributed by atoms with Crippen molar-refractivity contribution in [2.24, 2.45) is 0 Å². The van der Waals surface area contributed by atoms with E-state index in [-0.39, 0.29) is 18.7 Å². The number of hydrogen-bond acceptors (Lipinski definition) is 3. The first-order valence-corrected chi connectivity index (χ1v) is 5.26. The molecule has 1 saturated heterocycles. The van der Waals surface area contributed by atoms with E-state index in [0.29, 0.717) is 5.33 Å². The van der Waals surface area contributed by atoms with E-state index < -0.39 is 0 Å². The van der Waals surface area contributed by atoms with E-state index in [2.05, 4.69) is 15.9 Å². The molecule has 1 heterocycles. The number of carbonyl (C=O) groups is 1. The molecule has 1 fully saturated rings. The number of Topliss-reactive ketones (excluding diaryl/α,β-unsaturated/α-hetero) is 1. The molecule has 0 N–H and O–H groups in total. The maximum absolute atomic E-state index is 10.8. The molecule has 0 saturated carbocycles. The van der Waals surface area contributed by atoms with E-state index in [1.807, 2.05) is 0 Å². The van der Waals surface area contributed by atoms with E-state index in [0.717, 1.165) is 25.9 Å². The van der Waals surface area contributed by atoms with Gasteiger partial charge in [0, 0.05) is 6.61 Å². The second kappa shape index (κ2) is 5.67. The van der Waals surface area contributed by atoms with Crippen LogP contribution in [0, 0.1) is 0 Å². The summed E-state index contributed by atoms with van der Waals surface area (Å²) in [4.78, 5) is 10.8.